The minimum absolute atomic E-state index is 0.0684. The van der Waals surface area contributed by atoms with Gasteiger partial charge in [0.2, 0.25) is 5.91 Å². The summed E-state index contributed by atoms with van der Waals surface area (Å²) in [6.07, 6.45) is 1.85. The smallest absolute Gasteiger partial charge is 0.240 e. The molecule has 0 unspecified atom stereocenters. The van der Waals surface area contributed by atoms with E-state index < -0.39 is 11.9 Å². The molecule has 7 nitrogen and oxygen atoms in total. The van der Waals surface area contributed by atoms with Crippen molar-refractivity contribution >= 4 is 11.7 Å². The maximum absolute atomic E-state index is 11.6. The summed E-state index contributed by atoms with van der Waals surface area (Å²) >= 11 is 0. The topological polar surface area (TPSA) is 116 Å². The van der Waals surface area contributed by atoms with E-state index in [0.717, 1.165) is 18.5 Å². The van der Waals surface area contributed by atoms with Crippen molar-refractivity contribution in [2.24, 2.45) is 17.4 Å². The molecular weight excluding hydrogens is 282 g/mol. The third-order valence-electron chi connectivity index (χ3n) is 3.94. The molecule has 0 saturated heterocycles. The molecule has 1 aromatic heterocycles. The highest BCUT2D eigenvalue weighted by atomic mass is 16.5. The van der Waals surface area contributed by atoms with Crippen LogP contribution in [-0.2, 0) is 16.1 Å². The lowest BCUT2D eigenvalue weighted by atomic mass is 9.78. The number of carbonyl (C=O) groups excluding carboxylic acids is 1. The number of carbonyl (C=O) groups is 1. The van der Waals surface area contributed by atoms with E-state index in [4.69, 9.17) is 16.2 Å². The van der Waals surface area contributed by atoms with Gasteiger partial charge in [-0.05, 0) is 18.8 Å². The summed E-state index contributed by atoms with van der Waals surface area (Å²) in [5, 5.41) is 3.12. The van der Waals surface area contributed by atoms with E-state index in [2.05, 4.69) is 15.3 Å². The van der Waals surface area contributed by atoms with Gasteiger partial charge >= 0.3 is 0 Å². The molecule has 0 aromatic carbocycles. The Kier molecular flexibility index (Phi) is 5.31. The van der Waals surface area contributed by atoms with E-state index in [9.17, 15) is 4.79 Å². The average Bonchev–Trinajstić information content (AvgIpc) is 2.40. The van der Waals surface area contributed by atoms with Gasteiger partial charge in [-0.15, -0.1) is 0 Å². The number of methoxy groups -OCH3 is 1. The van der Waals surface area contributed by atoms with Crippen LogP contribution < -0.4 is 16.8 Å². The van der Waals surface area contributed by atoms with Crippen LogP contribution in [0, 0.1) is 5.92 Å². The van der Waals surface area contributed by atoms with Crippen molar-refractivity contribution < 1.29 is 9.53 Å². The molecule has 1 saturated carbocycles. The summed E-state index contributed by atoms with van der Waals surface area (Å²) in [5.41, 5.74) is 12.2. The van der Waals surface area contributed by atoms with Gasteiger partial charge in [-0.2, -0.15) is 0 Å². The maximum atomic E-state index is 11.6. The highest BCUT2D eigenvalue weighted by molar-refractivity contribution is 5.82. The van der Waals surface area contributed by atoms with Crippen molar-refractivity contribution in [2.45, 2.75) is 51.3 Å². The van der Waals surface area contributed by atoms with E-state index >= 15 is 0 Å². The number of aromatic nitrogens is 2. The molecule has 1 heterocycles. The van der Waals surface area contributed by atoms with Crippen LogP contribution in [0.15, 0.2) is 6.07 Å². The summed E-state index contributed by atoms with van der Waals surface area (Å²) in [5.74, 6) is 1.22. The lowest BCUT2D eigenvalue weighted by Crippen LogP contribution is -2.40. The molecule has 7 heteroatoms. The molecular formula is C15H25N5O2. The Balaban J connectivity index is 2.23. The van der Waals surface area contributed by atoms with Gasteiger partial charge in [0, 0.05) is 30.8 Å². The van der Waals surface area contributed by atoms with Crippen LogP contribution in [0.5, 0.6) is 0 Å². The maximum Gasteiger partial charge on any atom is 0.240 e. The molecule has 0 spiro atoms. The van der Waals surface area contributed by atoms with E-state index in [1.807, 2.05) is 19.9 Å². The fourth-order valence-corrected chi connectivity index (χ4v) is 2.62. The Morgan fingerprint density at radius 3 is 2.64 bits per heavy atom. The summed E-state index contributed by atoms with van der Waals surface area (Å²) in [4.78, 5) is 20.5. The first-order valence-electron chi connectivity index (χ1n) is 7.59. The Labute approximate surface area is 130 Å². The van der Waals surface area contributed by atoms with Gasteiger partial charge in [-0.1, -0.05) is 13.8 Å². The molecule has 2 rings (SSSR count). The van der Waals surface area contributed by atoms with Crippen molar-refractivity contribution in [3.8, 4) is 0 Å². The van der Waals surface area contributed by atoms with E-state index in [-0.39, 0.29) is 12.0 Å². The van der Waals surface area contributed by atoms with Crippen LogP contribution in [0.25, 0.3) is 0 Å². The first-order valence-corrected chi connectivity index (χ1v) is 7.59. The monoisotopic (exact) mass is 307 g/mol. The SMILES string of the molecule is COCc1nc(N[C@H](C(N)=O)C(C)C)cc(C2CC(N)C2)n1. The number of primary amides is 1. The largest absolute Gasteiger partial charge is 0.377 e. The minimum Gasteiger partial charge on any atom is -0.377 e. The number of nitrogens with zero attached hydrogens (tertiary/aromatic N) is 2. The summed E-state index contributed by atoms with van der Waals surface area (Å²) in [6.45, 7) is 4.20. The van der Waals surface area contributed by atoms with Crippen LogP contribution in [0.3, 0.4) is 0 Å². The number of rotatable bonds is 7. The lowest BCUT2D eigenvalue weighted by Gasteiger charge is -2.32. The molecule has 1 amide bonds. The second-order valence-corrected chi connectivity index (χ2v) is 6.22. The molecule has 0 bridgehead atoms. The Hall–Kier alpha value is -1.73. The minimum atomic E-state index is -0.471. The second-order valence-electron chi connectivity index (χ2n) is 6.22. The third kappa shape index (κ3) is 3.92. The predicted octanol–water partition coefficient (Wildman–Crippen LogP) is 0.749. The molecule has 1 fully saturated rings. The van der Waals surface area contributed by atoms with Crippen molar-refractivity contribution in [1.29, 1.82) is 0 Å². The average molecular weight is 307 g/mol. The molecule has 5 N–H and O–H groups in total. The highest BCUT2D eigenvalue weighted by Gasteiger charge is 2.29. The fourth-order valence-electron chi connectivity index (χ4n) is 2.62. The molecule has 1 aliphatic rings. The number of hydrogen-bond acceptors (Lipinski definition) is 6. The Morgan fingerprint density at radius 1 is 1.45 bits per heavy atom. The molecule has 1 aliphatic carbocycles. The normalized spacial score (nSPS) is 22.2. The van der Waals surface area contributed by atoms with E-state index in [0.29, 0.717) is 24.2 Å². The Bertz CT molecular complexity index is 529. The third-order valence-corrected chi connectivity index (χ3v) is 3.94. The highest BCUT2D eigenvalue weighted by Crippen LogP contribution is 2.35. The number of amides is 1. The zero-order chi connectivity index (χ0) is 16.3. The molecule has 1 atom stereocenters. The van der Waals surface area contributed by atoms with Crippen molar-refractivity contribution in [1.82, 2.24) is 9.97 Å². The van der Waals surface area contributed by atoms with Crippen LogP contribution in [0.1, 0.15) is 44.1 Å². The van der Waals surface area contributed by atoms with E-state index in [1.54, 1.807) is 7.11 Å². The van der Waals surface area contributed by atoms with Gasteiger partial charge in [-0.3, -0.25) is 4.79 Å². The van der Waals surface area contributed by atoms with Crippen molar-refractivity contribution in [2.75, 3.05) is 12.4 Å². The van der Waals surface area contributed by atoms with Crippen molar-refractivity contribution in [3.63, 3.8) is 0 Å². The first kappa shape index (κ1) is 16.6. The predicted molar refractivity (Wildman–Crippen MR) is 84.1 cm³/mol. The van der Waals surface area contributed by atoms with Gasteiger partial charge in [0.15, 0.2) is 5.82 Å². The molecule has 0 radical (unpaired) electrons. The molecule has 0 aliphatic heterocycles. The second kappa shape index (κ2) is 7.02. The number of ether oxygens (including phenoxy) is 1. The van der Waals surface area contributed by atoms with Gasteiger partial charge in [-0.25, -0.2) is 9.97 Å². The van der Waals surface area contributed by atoms with Crippen LogP contribution >= 0.6 is 0 Å². The lowest BCUT2D eigenvalue weighted by molar-refractivity contribution is -0.119. The molecule has 122 valence electrons. The quantitative estimate of drug-likeness (QED) is 0.684. The van der Waals surface area contributed by atoms with Crippen LogP contribution in [0.2, 0.25) is 0 Å². The first-order chi connectivity index (χ1) is 10.4. The number of hydrogen-bond donors (Lipinski definition) is 3. The standard InChI is InChI=1S/C15H25N5O2/c1-8(2)14(15(17)21)20-12-6-11(9-4-10(16)5-9)18-13(19-12)7-22-3/h6,8-10,14H,4-5,7,16H2,1-3H3,(H2,17,21)(H,18,19,20)/t9?,10?,14-/m0/s1. The van der Waals surface area contributed by atoms with Crippen molar-refractivity contribution in [3.05, 3.63) is 17.6 Å². The van der Waals surface area contributed by atoms with Crippen LogP contribution in [0.4, 0.5) is 5.82 Å². The van der Waals surface area contributed by atoms with Gasteiger partial charge in [0.1, 0.15) is 18.5 Å². The fraction of sp³-hybridized carbons (Fsp3) is 0.667. The zero-order valence-electron chi connectivity index (χ0n) is 13.4. The van der Waals surface area contributed by atoms with E-state index in [1.165, 1.54) is 0 Å². The number of nitrogens with one attached hydrogen (secondary N) is 1. The summed E-state index contributed by atoms with van der Waals surface area (Å²) in [7, 11) is 1.60. The number of anilines is 1. The summed E-state index contributed by atoms with van der Waals surface area (Å²) in [6, 6.07) is 1.66. The van der Waals surface area contributed by atoms with Gasteiger partial charge in [0.25, 0.3) is 0 Å². The molecule has 1 aromatic rings. The zero-order valence-corrected chi connectivity index (χ0v) is 13.4. The number of nitrogens with two attached hydrogens (primary N) is 2. The van der Waals surface area contributed by atoms with Gasteiger partial charge in [0.05, 0.1) is 0 Å². The van der Waals surface area contributed by atoms with Gasteiger partial charge < -0.3 is 21.5 Å². The Morgan fingerprint density at radius 2 is 2.14 bits per heavy atom. The van der Waals surface area contributed by atoms with Crippen LogP contribution in [-0.4, -0.2) is 35.1 Å². The summed E-state index contributed by atoms with van der Waals surface area (Å²) < 4.78 is 5.12. The molecule has 22 heavy (non-hydrogen) atoms.